The highest BCUT2D eigenvalue weighted by Crippen LogP contribution is 2.17. The number of furan rings is 1. The Kier molecular flexibility index (Phi) is 5.19. The van der Waals surface area contributed by atoms with Gasteiger partial charge in [-0.05, 0) is 44.2 Å². The Balaban J connectivity index is 1.90. The highest BCUT2D eigenvalue weighted by atomic mass is 16.5. The van der Waals surface area contributed by atoms with E-state index in [9.17, 15) is 9.59 Å². The van der Waals surface area contributed by atoms with E-state index in [1.54, 1.807) is 37.3 Å². The van der Waals surface area contributed by atoms with Gasteiger partial charge in [-0.3, -0.25) is 9.59 Å². The minimum absolute atomic E-state index is 0.0340. The molecule has 0 saturated heterocycles. The molecule has 1 heterocycles. The van der Waals surface area contributed by atoms with E-state index >= 15 is 0 Å². The molecule has 0 fully saturated rings. The number of nitrogens with one attached hydrogen (secondary N) is 2. The summed E-state index contributed by atoms with van der Waals surface area (Å²) in [4.78, 5) is 23.3. The van der Waals surface area contributed by atoms with Gasteiger partial charge in [0.2, 0.25) is 0 Å². The molecular weight excluding hydrogens is 284 g/mol. The highest BCUT2D eigenvalue weighted by Gasteiger charge is 2.11. The third-order valence-electron chi connectivity index (χ3n) is 2.96. The zero-order valence-electron chi connectivity index (χ0n) is 12.5. The molecule has 0 unspecified atom stereocenters. The molecule has 116 valence electrons. The summed E-state index contributed by atoms with van der Waals surface area (Å²) in [6.07, 6.45) is 1.47. The van der Waals surface area contributed by atoms with E-state index in [1.165, 1.54) is 6.26 Å². The van der Waals surface area contributed by atoms with E-state index in [-0.39, 0.29) is 18.4 Å². The number of rotatable bonds is 6. The van der Waals surface area contributed by atoms with Gasteiger partial charge in [-0.15, -0.1) is 0 Å². The van der Waals surface area contributed by atoms with Crippen molar-refractivity contribution in [3.63, 3.8) is 0 Å². The van der Waals surface area contributed by atoms with E-state index in [0.29, 0.717) is 29.3 Å². The predicted molar refractivity (Wildman–Crippen MR) is 82.0 cm³/mol. The van der Waals surface area contributed by atoms with Crippen LogP contribution >= 0.6 is 0 Å². The molecule has 0 radical (unpaired) electrons. The Bertz CT molecular complexity index is 646. The standard InChI is InChI=1S/C16H18N2O4/c1-3-17-15(19)10-22-13-6-4-12(5-7-13)18-16(20)14-8-9-21-11(14)2/h4-9H,3,10H2,1-2H3,(H,17,19)(H,18,20). The lowest BCUT2D eigenvalue weighted by molar-refractivity contribution is -0.122. The molecule has 0 aliphatic heterocycles. The molecule has 0 bridgehead atoms. The Hall–Kier alpha value is -2.76. The molecule has 2 aromatic rings. The lowest BCUT2D eigenvalue weighted by atomic mass is 10.2. The highest BCUT2D eigenvalue weighted by molar-refractivity contribution is 6.04. The summed E-state index contributed by atoms with van der Waals surface area (Å²) >= 11 is 0. The number of ether oxygens (including phenoxy) is 1. The topological polar surface area (TPSA) is 80.6 Å². The third-order valence-corrected chi connectivity index (χ3v) is 2.96. The van der Waals surface area contributed by atoms with Gasteiger partial charge in [-0.25, -0.2) is 0 Å². The maximum atomic E-state index is 12.0. The number of hydrogen-bond donors (Lipinski definition) is 2. The lowest BCUT2D eigenvalue weighted by Gasteiger charge is -2.08. The molecule has 0 aliphatic carbocycles. The molecule has 0 spiro atoms. The maximum Gasteiger partial charge on any atom is 0.259 e. The summed E-state index contributed by atoms with van der Waals surface area (Å²) in [5, 5.41) is 5.41. The first kappa shape index (κ1) is 15.6. The van der Waals surface area contributed by atoms with Crippen LogP contribution in [0.5, 0.6) is 5.75 Å². The van der Waals surface area contributed by atoms with Crippen LogP contribution in [-0.2, 0) is 4.79 Å². The van der Waals surface area contributed by atoms with Gasteiger partial charge in [0.05, 0.1) is 11.8 Å². The molecule has 0 saturated carbocycles. The van der Waals surface area contributed by atoms with Crippen molar-refractivity contribution in [2.24, 2.45) is 0 Å². The first-order valence-electron chi connectivity index (χ1n) is 6.95. The van der Waals surface area contributed by atoms with Crippen LogP contribution in [0.4, 0.5) is 5.69 Å². The summed E-state index contributed by atoms with van der Waals surface area (Å²) < 4.78 is 10.4. The van der Waals surface area contributed by atoms with E-state index in [1.807, 2.05) is 6.92 Å². The van der Waals surface area contributed by atoms with Gasteiger partial charge in [0.1, 0.15) is 11.5 Å². The van der Waals surface area contributed by atoms with Crippen molar-refractivity contribution in [3.8, 4) is 5.75 Å². The molecule has 1 aromatic carbocycles. The Morgan fingerprint density at radius 1 is 1.18 bits per heavy atom. The fourth-order valence-electron chi connectivity index (χ4n) is 1.85. The number of likely N-dealkylation sites (N-methyl/N-ethyl adjacent to an activating group) is 1. The van der Waals surface area contributed by atoms with Crippen molar-refractivity contribution in [1.82, 2.24) is 5.32 Å². The molecule has 22 heavy (non-hydrogen) atoms. The van der Waals surface area contributed by atoms with E-state index < -0.39 is 0 Å². The number of anilines is 1. The second-order valence-corrected chi connectivity index (χ2v) is 4.61. The number of aryl methyl sites for hydroxylation is 1. The average Bonchev–Trinajstić information content (AvgIpc) is 2.93. The van der Waals surface area contributed by atoms with Gasteiger partial charge in [0, 0.05) is 12.2 Å². The van der Waals surface area contributed by atoms with Gasteiger partial charge < -0.3 is 19.8 Å². The fraction of sp³-hybridized carbons (Fsp3) is 0.250. The van der Waals surface area contributed by atoms with Crippen LogP contribution in [-0.4, -0.2) is 25.0 Å². The normalized spacial score (nSPS) is 10.1. The summed E-state index contributed by atoms with van der Waals surface area (Å²) in [5.74, 6) is 0.723. The van der Waals surface area contributed by atoms with Crippen LogP contribution in [0.15, 0.2) is 41.0 Å². The average molecular weight is 302 g/mol. The molecule has 0 atom stereocenters. The maximum absolute atomic E-state index is 12.0. The number of carbonyl (C=O) groups excluding carboxylic acids is 2. The van der Waals surface area contributed by atoms with Crippen LogP contribution in [0.2, 0.25) is 0 Å². The molecule has 2 amide bonds. The molecule has 6 heteroatoms. The van der Waals surface area contributed by atoms with Crippen molar-refractivity contribution in [3.05, 3.63) is 47.9 Å². The Morgan fingerprint density at radius 2 is 1.91 bits per heavy atom. The van der Waals surface area contributed by atoms with Gasteiger partial charge in [-0.1, -0.05) is 0 Å². The van der Waals surface area contributed by atoms with E-state index in [2.05, 4.69) is 10.6 Å². The van der Waals surface area contributed by atoms with Crippen molar-refractivity contribution < 1.29 is 18.7 Å². The summed E-state index contributed by atoms with van der Waals surface area (Å²) in [6.45, 7) is 4.11. The first-order valence-corrected chi connectivity index (χ1v) is 6.95. The van der Waals surface area contributed by atoms with Crippen molar-refractivity contribution in [2.75, 3.05) is 18.5 Å². The Morgan fingerprint density at radius 3 is 2.50 bits per heavy atom. The van der Waals surface area contributed by atoms with E-state index in [4.69, 9.17) is 9.15 Å². The quantitative estimate of drug-likeness (QED) is 0.858. The largest absolute Gasteiger partial charge is 0.484 e. The number of amides is 2. The monoisotopic (exact) mass is 302 g/mol. The van der Waals surface area contributed by atoms with Crippen LogP contribution in [0.3, 0.4) is 0 Å². The smallest absolute Gasteiger partial charge is 0.259 e. The molecule has 6 nitrogen and oxygen atoms in total. The van der Waals surface area contributed by atoms with Crippen molar-refractivity contribution >= 4 is 17.5 Å². The third kappa shape index (κ3) is 4.12. The zero-order valence-corrected chi connectivity index (χ0v) is 12.5. The molecular formula is C16H18N2O4. The van der Waals surface area contributed by atoms with Crippen LogP contribution in [0.1, 0.15) is 23.0 Å². The SMILES string of the molecule is CCNC(=O)COc1ccc(NC(=O)c2ccoc2C)cc1. The number of hydrogen-bond acceptors (Lipinski definition) is 4. The number of carbonyl (C=O) groups is 2. The van der Waals surface area contributed by atoms with Crippen LogP contribution in [0, 0.1) is 6.92 Å². The van der Waals surface area contributed by atoms with Gasteiger partial charge >= 0.3 is 0 Å². The molecule has 2 N–H and O–H groups in total. The molecule has 1 aromatic heterocycles. The second-order valence-electron chi connectivity index (χ2n) is 4.61. The van der Waals surface area contributed by atoms with Gasteiger partial charge in [0.25, 0.3) is 11.8 Å². The van der Waals surface area contributed by atoms with Crippen LogP contribution in [0.25, 0.3) is 0 Å². The van der Waals surface area contributed by atoms with Crippen molar-refractivity contribution in [2.45, 2.75) is 13.8 Å². The zero-order chi connectivity index (χ0) is 15.9. The minimum atomic E-state index is -0.234. The molecule has 2 rings (SSSR count). The second kappa shape index (κ2) is 7.31. The predicted octanol–water partition coefficient (Wildman–Crippen LogP) is 2.36. The summed E-state index contributed by atoms with van der Waals surface area (Å²) in [7, 11) is 0. The summed E-state index contributed by atoms with van der Waals surface area (Å²) in [5.41, 5.74) is 1.13. The fourth-order valence-corrected chi connectivity index (χ4v) is 1.85. The first-order chi connectivity index (χ1) is 10.6. The summed E-state index contributed by atoms with van der Waals surface area (Å²) in [6, 6.07) is 8.42. The van der Waals surface area contributed by atoms with Crippen molar-refractivity contribution in [1.29, 1.82) is 0 Å². The van der Waals surface area contributed by atoms with Gasteiger partial charge in [0.15, 0.2) is 6.61 Å². The van der Waals surface area contributed by atoms with Gasteiger partial charge in [-0.2, -0.15) is 0 Å². The van der Waals surface area contributed by atoms with E-state index in [0.717, 1.165) is 0 Å². The Labute approximate surface area is 128 Å². The lowest BCUT2D eigenvalue weighted by Crippen LogP contribution is -2.28. The molecule has 0 aliphatic rings. The minimum Gasteiger partial charge on any atom is -0.484 e. The van der Waals surface area contributed by atoms with Crippen LogP contribution < -0.4 is 15.4 Å². The number of benzene rings is 1.